The fourth-order valence-electron chi connectivity index (χ4n) is 2.37. The van der Waals surface area contributed by atoms with Gasteiger partial charge in [-0.2, -0.15) is 8.42 Å². The normalized spacial score (nSPS) is 11.4. The number of nitro benzene ring substituents is 1. The highest BCUT2D eigenvalue weighted by atomic mass is 32.2. The molecule has 0 aliphatic heterocycles. The minimum absolute atomic E-state index is 0.209. The Hall–Kier alpha value is -3.07. The Morgan fingerprint density at radius 1 is 1.20 bits per heavy atom. The zero-order chi connectivity index (χ0) is 18.2. The van der Waals surface area contributed by atoms with Gasteiger partial charge in [0.05, 0.1) is 10.4 Å². The van der Waals surface area contributed by atoms with Crippen molar-refractivity contribution in [3.05, 3.63) is 70.2 Å². The van der Waals surface area contributed by atoms with Crippen LogP contribution in [-0.4, -0.2) is 18.3 Å². The average molecular weight is 362 g/mol. The van der Waals surface area contributed by atoms with Gasteiger partial charge in [-0.25, -0.2) is 4.39 Å². The third-order valence-electron chi connectivity index (χ3n) is 3.52. The molecular formula is C16H11FN2O5S. The van der Waals surface area contributed by atoms with Gasteiger partial charge in [-0.3, -0.25) is 15.1 Å². The molecule has 0 aliphatic rings. The molecule has 1 aromatic heterocycles. The lowest BCUT2D eigenvalue weighted by Crippen LogP contribution is -2.12. The summed E-state index contributed by atoms with van der Waals surface area (Å²) >= 11 is 0. The number of nitrogens with zero attached hydrogens (tertiary/aromatic N) is 2. The van der Waals surface area contributed by atoms with Crippen LogP contribution in [0.1, 0.15) is 5.56 Å². The van der Waals surface area contributed by atoms with Gasteiger partial charge in [0.25, 0.3) is 0 Å². The summed E-state index contributed by atoms with van der Waals surface area (Å²) in [6.07, 6.45) is 1.52. The van der Waals surface area contributed by atoms with Crippen molar-refractivity contribution in [2.75, 3.05) is 0 Å². The number of hydrogen-bond donors (Lipinski definition) is 0. The van der Waals surface area contributed by atoms with Crippen LogP contribution in [0.2, 0.25) is 0 Å². The van der Waals surface area contributed by atoms with Crippen LogP contribution in [0.25, 0.3) is 10.9 Å². The fourth-order valence-corrected chi connectivity index (χ4v) is 3.50. The second-order valence-electron chi connectivity index (χ2n) is 5.19. The molecule has 9 heteroatoms. The van der Waals surface area contributed by atoms with Crippen molar-refractivity contribution in [2.24, 2.45) is 0 Å². The van der Waals surface area contributed by atoms with Crippen molar-refractivity contribution in [1.82, 2.24) is 4.98 Å². The van der Waals surface area contributed by atoms with Crippen LogP contribution >= 0.6 is 0 Å². The molecule has 0 saturated heterocycles. The molecule has 0 saturated carbocycles. The van der Waals surface area contributed by atoms with E-state index in [0.29, 0.717) is 17.0 Å². The molecule has 0 amide bonds. The maximum Gasteiger partial charge on any atom is 0.340 e. The molecule has 1 heterocycles. The number of benzene rings is 2. The molecule has 0 fully saturated rings. The number of pyridine rings is 1. The number of halogens is 1. The third-order valence-corrected chi connectivity index (χ3v) is 4.81. The standard InChI is InChI=1S/C16H11FN2O5S/c1-10-4-7-15(12-3-2-8-18-16(10)12)25(22,23)24-14-9-11(17)5-6-13(14)19(20)21/h2-9H,1H3. The fraction of sp³-hybridized carbons (Fsp3) is 0.0625. The lowest BCUT2D eigenvalue weighted by atomic mass is 10.1. The lowest BCUT2D eigenvalue weighted by Gasteiger charge is -2.10. The van der Waals surface area contributed by atoms with Gasteiger partial charge in [-0.1, -0.05) is 6.07 Å². The molecule has 0 aliphatic carbocycles. The molecule has 7 nitrogen and oxygen atoms in total. The zero-order valence-electron chi connectivity index (χ0n) is 12.8. The number of aryl methyl sites for hydroxylation is 1. The summed E-state index contributed by atoms with van der Waals surface area (Å²) in [6.45, 7) is 1.77. The van der Waals surface area contributed by atoms with Crippen LogP contribution in [0.4, 0.5) is 10.1 Å². The van der Waals surface area contributed by atoms with Crippen molar-refractivity contribution in [2.45, 2.75) is 11.8 Å². The molecule has 0 spiro atoms. The molecule has 0 bridgehead atoms. The van der Waals surface area contributed by atoms with E-state index in [1.54, 1.807) is 25.1 Å². The first-order valence-electron chi connectivity index (χ1n) is 7.02. The summed E-state index contributed by atoms with van der Waals surface area (Å²) in [7, 11) is -4.44. The quantitative estimate of drug-likeness (QED) is 0.401. The van der Waals surface area contributed by atoms with E-state index in [1.807, 2.05) is 0 Å². The van der Waals surface area contributed by atoms with Gasteiger partial charge >= 0.3 is 15.8 Å². The SMILES string of the molecule is Cc1ccc(S(=O)(=O)Oc2cc(F)ccc2[N+](=O)[O-])c2cccnc12. The summed E-state index contributed by atoms with van der Waals surface area (Å²) in [6, 6.07) is 8.32. The van der Waals surface area contributed by atoms with Crippen molar-refractivity contribution in [3.63, 3.8) is 0 Å². The van der Waals surface area contributed by atoms with Gasteiger partial charge in [0.1, 0.15) is 10.7 Å². The molecule has 25 heavy (non-hydrogen) atoms. The van der Waals surface area contributed by atoms with Crippen molar-refractivity contribution < 1.29 is 21.9 Å². The van der Waals surface area contributed by atoms with Gasteiger partial charge < -0.3 is 4.18 Å². The summed E-state index contributed by atoms with van der Waals surface area (Å²) < 4.78 is 43.5. The first-order valence-corrected chi connectivity index (χ1v) is 8.43. The average Bonchev–Trinajstić information content (AvgIpc) is 2.54. The third kappa shape index (κ3) is 3.13. The summed E-state index contributed by atoms with van der Waals surface area (Å²) in [5.74, 6) is -1.55. The number of hydrogen-bond acceptors (Lipinski definition) is 6. The molecule has 128 valence electrons. The topological polar surface area (TPSA) is 99.4 Å². The number of aromatic nitrogens is 1. The molecular weight excluding hydrogens is 351 g/mol. The Balaban J connectivity index is 2.15. The maximum absolute atomic E-state index is 13.4. The van der Waals surface area contributed by atoms with Crippen LogP contribution in [0.15, 0.2) is 53.6 Å². The van der Waals surface area contributed by atoms with E-state index in [-0.39, 0.29) is 4.90 Å². The molecule has 3 rings (SSSR count). The molecule has 3 aromatic rings. The van der Waals surface area contributed by atoms with Crippen molar-refractivity contribution in [1.29, 1.82) is 0 Å². The minimum Gasteiger partial charge on any atom is -0.371 e. The van der Waals surface area contributed by atoms with Gasteiger partial charge in [0.15, 0.2) is 0 Å². The van der Waals surface area contributed by atoms with Crippen LogP contribution in [-0.2, 0) is 10.1 Å². The Morgan fingerprint density at radius 3 is 2.68 bits per heavy atom. The zero-order valence-corrected chi connectivity index (χ0v) is 13.7. The van der Waals surface area contributed by atoms with Crippen molar-refractivity contribution in [3.8, 4) is 5.75 Å². The molecule has 0 N–H and O–H groups in total. The smallest absolute Gasteiger partial charge is 0.340 e. The Labute approximate surface area is 142 Å². The predicted molar refractivity (Wildman–Crippen MR) is 87.3 cm³/mol. The number of rotatable bonds is 4. The first-order chi connectivity index (χ1) is 11.8. The van der Waals surface area contributed by atoms with Crippen LogP contribution in [0.5, 0.6) is 5.75 Å². The van der Waals surface area contributed by atoms with E-state index >= 15 is 0 Å². The lowest BCUT2D eigenvalue weighted by molar-refractivity contribution is -0.385. The van der Waals surface area contributed by atoms with Gasteiger partial charge in [-0.05, 0) is 36.8 Å². The predicted octanol–water partition coefficient (Wildman–Crippen LogP) is 3.36. The van der Waals surface area contributed by atoms with E-state index in [4.69, 9.17) is 4.18 Å². The Morgan fingerprint density at radius 2 is 1.96 bits per heavy atom. The minimum atomic E-state index is -4.44. The van der Waals surface area contributed by atoms with E-state index in [0.717, 1.165) is 17.7 Å². The largest absolute Gasteiger partial charge is 0.371 e. The van der Waals surface area contributed by atoms with Crippen LogP contribution in [0, 0.1) is 22.9 Å². The molecule has 0 radical (unpaired) electrons. The summed E-state index contributed by atoms with van der Waals surface area (Å²) in [5.41, 5.74) is 0.562. The van der Waals surface area contributed by atoms with E-state index in [9.17, 15) is 22.9 Å². The number of nitro groups is 1. The molecule has 0 atom stereocenters. The maximum atomic E-state index is 13.4. The van der Waals surface area contributed by atoms with Crippen LogP contribution < -0.4 is 4.18 Å². The molecule has 2 aromatic carbocycles. The van der Waals surface area contributed by atoms with Gasteiger partial charge in [0, 0.05) is 23.7 Å². The second kappa shape index (κ2) is 6.10. The first kappa shape index (κ1) is 16.8. The van der Waals surface area contributed by atoms with Gasteiger partial charge in [-0.15, -0.1) is 0 Å². The summed E-state index contributed by atoms with van der Waals surface area (Å²) in [5, 5.41) is 11.3. The highest BCUT2D eigenvalue weighted by molar-refractivity contribution is 7.87. The van der Waals surface area contributed by atoms with Gasteiger partial charge in [0.2, 0.25) is 5.75 Å². The van der Waals surface area contributed by atoms with Crippen LogP contribution in [0.3, 0.4) is 0 Å². The van der Waals surface area contributed by atoms with Crippen molar-refractivity contribution >= 4 is 26.7 Å². The number of fused-ring (bicyclic) bond motifs is 1. The Bertz CT molecular complexity index is 1100. The highest BCUT2D eigenvalue weighted by Gasteiger charge is 2.26. The Kier molecular flexibility index (Phi) is 4.09. The highest BCUT2D eigenvalue weighted by Crippen LogP contribution is 2.32. The van der Waals surface area contributed by atoms with E-state index in [2.05, 4.69) is 4.98 Å². The molecule has 0 unspecified atom stereocenters. The summed E-state index contributed by atoms with van der Waals surface area (Å²) in [4.78, 5) is 14.1. The monoisotopic (exact) mass is 362 g/mol. The van der Waals surface area contributed by atoms with E-state index < -0.39 is 32.3 Å². The van der Waals surface area contributed by atoms with E-state index in [1.165, 1.54) is 12.3 Å². The second-order valence-corrected chi connectivity index (χ2v) is 6.70.